The van der Waals surface area contributed by atoms with Crippen LogP contribution in [0.2, 0.25) is 0 Å². The number of hydrogen-bond acceptors (Lipinski definition) is 4. The maximum Gasteiger partial charge on any atom is 0.241 e. The van der Waals surface area contributed by atoms with Crippen molar-refractivity contribution in [2.75, 3.05) is 11.9 Å². The molecule has 1 aliphatic rings. The number of carbonyl (C=O) groups is 1. The molecule has 110 valence electrons. The molecule has 6 heteroatoms. The predicted molar refractivity (Wildman–Crippen MR) is 80.2 cm³/mol. The average Bonchev–Trinajstić information content (AvgIpc) is 3.02. The Labute approximate surface area is 123 Å². The van der Waals surface area contributed by atoms with Crippen molar-refractivity contribution in [2.24, 2.45) is 5.92 Å². The van der Waals surface area contributed by atoms with Crippen LogP contribution in [0.1, 0.15) is 19.8 Å². The fourth-order valence-corrected chi connectivity index (χ4v) is 2.64. The van der Waals surface area contributed by atoms with E-state index in [9.17, 15) is 4.79 Å². The van der Waals surface area contributed by atoms with Crippen LogP contribution < -0.4 is 10.6 Å². The largest absolute Gasteiger partial charge is 0.323 e. The lowest BCUT2D eigenvalue weighted by molar-refractivity contribution is -0.119. The van der Waals surface area contributed by atoms with Gasteiger partial charge in [-0.25, -0.2) is 4.68 Å². The standard InChI is InChI=1S/C15H19N5O/c1-11-6-7-16-13(10-11)15(21)18-12-4-2-3-5-14(12)20-9-8-17-19-20/h2-5,8-9,11,13,16H,6-7,10H2,1H3,(H,18,21). The predicted octanol–water partition coefficient (Wildman–Crippen LogP) is 1.59. The molecule has 0 radical (unpaired) electrons. The minimum absolute atomic E-state index is 0.00844. The molecule has 1 aromatic heterocycles. The van der Waals surface area contributed by atoms with Crippen molar-refractivity contribution in [3.8, 4) is 5.69 Å². The summed E-state index contributed by atoms with van der Waals surface area (Å²) in [6.45, 7) is 3.08. The number of piperidine rings is 1. The summed E-state index contributed by atoms with van der Waals surface area (Å²) < 4.78 is 1.65. The third kappa shape index (κ3) is 3.11. The monoisotopic (exact) mass is 285 g/mol. The molecule has 0 saturated carbocycles. The van der Waals surface area contributed by atoms with E-state index in [1.54, 1.807) is 17.1 Å². The highest BCUT2D eigenvalue weighted by atomic mass is 16.2. The Kier molecular flexibility index (Phi) is 3.96. The van der Waals surface area contributed by atoms with Crippen LogP contribution in [0, 0.1) is 5.92 Å². The zero-order chi connectivity index (χ0) is 14.7. The van der Waals surface area contributed by atoms with Gasteiger partial charge in [-0.3, -0.25) is 4.79 Å². The summed E-state index contributed by atoms with van der Waals surface area (Å²) in [4.78, 5) is 12.4. The number of carbonyl (C=O) groups excluding carboxylic acids is 1. The molecule has 1 amide bonds. The highest BCUT2D eigenvalue weighted by Gasteiger charge is 2.25. The third-order valence-electron chi connectivity index (χ3n) is 3.81. The summed E-state index contributed by atoms with van der Waals surface area (Å²) in [5.74, 6) is 0.585. The van der Waals surface area contributed by atoms with Crippen molar-refractivity contribution in [3.05, 3.63) is 36.7 Å². The summed E-state index contributed by atoms with van der Waals surface area (Å²) in [6.07, 6.45) is 5.37. The first-order valence-electron chi connectivity index (χ1n) is 7.24. The maximum absolute atomic E-state index is 12.4. The number of para-hydroxylation sites is 2. The van der Waals surface area contributed by atoms with Gasteiger partial charge in [0.05, 0.1) is 29.8 Å². The highest BCUT2D eigenvalue weighted by Crippen LogP contribution is 2.21. The molecule has 6 nitrogen and oxygen atoms in total. The van der Waals surface area contributed by atoms with E-state index >= 15 is 0 Å². The fourth-order valence-electron chi connectivity index (χ4n) is 2.64. The summed E-state index contributed by atoms with van der Waals surface area (Å²) in [5, 5.41) is 14.1. The first kappa shape index (κ1) is 13.8. The number of amides is 1. The van der Waals surface area contributed by atoms with Crippen molar-refractivity contribution in [2.45, 2.75) is 25.8 Å². The van der Waals surface area contributed by atoms with Gasteiger partial charge < -0.3 is 10.6 Å². The molecule has 2 N–H and O–H groups in total. The van der Waals surface area contributed by atoms with Crippen LogP contribution >= 0.6 is 0 Å². The fraction of sp³-hybridized carbons (Fsp3) is 0.400. The Morgan fingerprint density at radius 1 is 1.43 bits per heavy atom. The molecule has 2 aromatic rings. The van der Waals surface area contributed by atoms with Crippen LogP contribution in [-0.2, 0) is 4.79 Å². The molecule has 3 rings (SSSR count). The second-order valence-electron chi connectivity index (χ2n) is 5.49. The van der Waals surface area contributed by atoms with Crippen LogP contribution in [0.4, 0.5) is 5.69 Å². The van der Waals surface area contributed by atoms with Gasteiger partial charge in [-0.05, 0) is 37.4 Å². The summed E-state index contributed by atoms with van der Waals surface area (Å²) in [7, 11) is 0. The van der Waals surface area contributed by atoms with E-state index in [0.29, 0.717) is 5.92 Å². The van der Waals surface area contributed by atoms with Gasteiger partial charge in [0.25, 0.3) is 0 Å². The summed E-state index contributed by atoms with van der Waals surface area (Å²) in [5.41, 5.74) is 1.56. The number of hydrogen-bond donors (Lipinski definition) is 2. The van der Waals surface area contributed by atoms with Crippen LogP contribution in [0.15, 0.2) is 36.7 Å². The lowest BCUT2D eigenvalue weighted by atomic mass is 9.94. The van der Waals surface area contributed by atoms with Crippen molar-refractivity contribution in [1.29, 1.82) is 0 Å². The first-order chi connectivity index (χ1) is 10.2. The molecule has 1 saturated heterocycles. The molecular formula is C15H19N5O. The van der Waals surface area contributed by atoms with Crippen molar-refractivity contribution in [1.82, 2.24) is 20.3 Å². The molecule has 1 aromatic carbocycles. The lowest BCUT2D eigenvalue weighted by Crippen LogP contribution is -2.45. The van der Waals surface area contributed by atoms with Crippen LogP contribution in [0.25, 0.3) is 5.69 Å². The van der Waals surface area contributed by atoms with Gasteiger partial charge in [-0.15, -0.1) is 5.10 Å². The molecular weight excluding hydrogens is 266 g/mol. The molecule has 1 fully saturated rings. The van der Waals surface area contributed by atoms with E-state index in [4.69, 9.17) is 0 Å². The Morgan fingerprint density at radius 2 is 2.29 bits per heavy atom. The number of anilines is 1. The maximum atomic E-state index is 12.4. The van der Waals surface area contributed by atoms with Crippen molar-refractivity contribution < 1.29 is 4.79 Å². The number of benzene rings is 1. The molecule has 0 aliphatic carbocycles. The van der Waals surface area contributed by atoms with Crippen molar-refractivity contribution >= 4 is 11.6 Å². The van der Waals surface area contributed by atoms with E-state index in [1.807, 2.05) is 24.3 Å². The zero-order valence-electron chi connectivity index (χ0n) is 12.0. The molecule has 0 spiro atoms. The zero-order valence-corrected chi connectivity index (χ0v) is 12.0. The van der Waals surface area contributed by atoms with Crippen LogP contribution in [-0.4, -0.2) is 33.5 Å². The quantitative estimate of drug-likeness (QED) is 0.898. The smallest absolute Gasteiger partial charge is 0.241 e. The van der Waals surface area contributed by atoms with Crippen LogP contribution in [0.5, 0.6) is 0 Å². The number of nitrogens with zero attached hydrogens (tertiary/aromatic N) is 3. The second kappa shape index (κ2) is 6.05. The Hall–Kier alpha value is -2.21. The van der Waals surface area contributed by atoms with Crippen molar-refractivity contribution in [3.63, 3.8) is 0 Å². The van der Waals surface area contributed by atoms with Gasteiger partial charge in [-0.1, -0.05) is 24.3 Å². The normalized spacial score (nSPS) is 22.0. The molecule has 2 heterocycles. The van der Waals surface area contributed by atoms with E-state index in [1.165, 1.54) is 0 Å². The van der Waals surface area contributed by atoms with Gasteiger partial charge in [0.2, 0.25) is 5.91 Å². The molecule has 1 aliphatic heterocycles. The Morgan fingerprint density at radius 3 is 3.05 bits per heavy atom. The van der Waals surface area contributed by atoms with E-state index in [0.717, 1.165) is 30.8 Å². The number of nitrogens with one attached hydrogen (secondary N) is 2. The van der Waals surface area contributed by atoms with E-state index in [2.05, 4.69) is 27.9 Å². The number of rotatable bonds is 3. The molecule has 2 atom stereocenters. The van der Waals surface area contributed by atoms with Gasteiger partial charge >= 0.3 is 0 Å². The van der Waals surface area contributed by atoms with Gasteiger partial charge in [0.15, 0.2) is 0 Å². The van der Waals surface area contributed by atoms with Gasteiger partial charge in [-0.2, -0.15) is 0 Å². The summed E-state index contributed by atoms with van der Waals surface area (Å²) in [6, 6.07) is 7.46. The highest BCUT2D eigenvalue weighted by molar-refractivity contribution is 5.96. The van der Waals surface area contributed by atoms with Gasteiger partial charge in [0, 0.05) is 0 Å². The Balaban J connectivity index is 1.77. The average molecular weight is 285 g/mol. The molecule has 21 heavy (non-hydrogen) atoms. The van der Waals surface area contributed by atoms with E-state index < -0.39 is 0 Å². The third-order valence-corrected chi connectivity index (χ3v) is 3.81. The molecule has 2 unspecified atom stereocenters. The number of aromatic nitrogens is 3. The van der Waals surface area contributed by atoms with E-state index in [-0.39, 0.29) is 11.9 Å². The topological polar surface area (TPSA) is 71.8 Å². The summed E-state index contributed by atoms with van der Waals surface area (Å²) >= 11 is 0. The SMILES string of the molecule is CC1CCNC(C(=O)Nc2ccccc2-n2ccnn2)C1. The lowest BCUT2D eigenvalue weighted by Gasteiger charge is -2.27. The Bertz CT molecular complexity index is 610. The first-order valence-corrected chi connectivity index (χ1v) is 7.24. The minimum atomic E-state index is -0.127. The minimum Gasteiger partial charge on any atom is -0.323 e. The second-order valence-corrected chi connectivity index (χ2v) is 5.49. The van der Waals surface area contributed by atoms with Gasteiger partial charge in [0.1, 0.15) is 0 Å². The van der Waals surface area contributed by atoms with Crippen LogP contribution in [0.3, 0.4) is 0 Å². The molecule has 0 bridgehead atoms.